The van der Waals surface area contributed by atoms with Crippen molar-refractivity contribution in [3.63, 3.8) is 0 Å². The van der Waals surface area contributed by atoms with E-state index in [1.54, 1.807) is 0 Å². The van der Waals surface area contributed by atoms with Crippen LogP contribution in [0.3, 0.4) is 0 Å². The molecule has 7 nitrogen and oxygen atoms in total. The van der Waals surface area contributed by atoms with Gasteiger partial charge in [-0.2, -0.15) is 0 Å². The van der Waals surface area contributed by atoms with Crippen molar-refractivity contribution in [3.05, 3.63) is 66.5 Å². The molecule has 148 valence electrons. The molecule has 0 spiro atoms. The van der Waals surface area contributed by atoms with E-state index in [4.69, 9.17) is 4.74 Å². The van der Waals surface area contributed by atoms with E-state index in [9.17, 15) is 4.79 Å². The van der Waals surface area contributed by atoms with Crippen LogP contribution in [0.2, 0.25) is 0 Å². The highest BCUT2D eigenvalue weighted by molar-refractivity contribution is 5.82. The van der Waals surface area contributed by atoms with Crippen molar-refractivity contribution in [2.75, 3.05) is 31.1 Å². The topological polar surface area (TPSA) is 63.5 Å². The van der Waals surface area contributed by atoms with E-state index >= 15 is 0 Å². The lowest BCUT2D eigenvalue weighted by atomic mass is 10.0. The molecule has 4 heterocycles. The minimum atomic E-state index is -0.378. The number of carbonyl (C=O) groups is 1. The molecular formula is C22H23N5O2. The fourth-order valence-electron chi connectivity index (χ4n) is 3.97. The molecule has 0 aliphatic carbocycles. The van der Waals surface area contributed by atoms with Gasteiger partial charge in [-0.15, -0.1) is 10.2 Å². The van der Waals surface area contributed by atoms with Gasteiger partial charge in [-0.3, -0.25) is 4.79 Å². The van der Waals surface area contributed by atoms with Crippen molar-refractivity contribution in [1.29, 1.82) is 0 Å². The summed E-state index contributed by atoms with van der Waals surface area (Å²) in [4.78, 5) is 17.0. The Bertz CT molecular complexity index is 979. The fourth-order valence-corrected chi connectivity index (χ4v) is 3.97. The van der Waals surface area contributed by atoms with Crippen molar-refractivity contribution in [2.24, 2.45) is 0 Å². The van der Waals surface area contributed by atoms with Crippen LogP contribution in [0, 0.1) is 0 Å². The molecule has 0 saturated carbocycles. The zero-order chi connectivity index (χ0) is 19.6. The summed E-state index contributed by atoms with van der Waals surface area (Å²) in [7, 11) is 0. The lowest BCUT2D eigenvalue weighted by Gasteiger charge is -2.37. The van der Waals surface area contributed by atoms with E-state index in [-0.39, 0.29) is 12.0 Å². The van der Waals surface area contributed by atoms with Crippen LogP contribution in [-0.2, 0) is 11.2 Å². The fraction of sp³-hybridized carbons (Fsp3) is 0.318. The first-order chi connectivity index (χ1) is 14.3. The summed E-state index contributed by atoms with van der Waals surface area (Å²) in [5.41, 5.74) is 1.18. The molecule has 5 rings (SSSR count). The third-order valence-electron chi connectivity index (χ3n) is 5.61. The summed E-state index contributed by atoms with van der Waals surface area (Å²) in [5, 5.41) is 8.69. The Labute approximate surface area is 169 Å². The maximum atomic E-state index is 12.9. The van der Waals surface area contributed by atoms with Gasteiger partial charge in [0.15, 0.2) is 17.7 Å². The van der Waals surface area contributed by atoms with E-state index < -0.39 is 0 Å². The summed E-state index contributed by atoms with van der Waals surface area (Å²) in [6.45, 7) is 2.82. The number of para-hydroxylation sites is 1. The van der Waals surface area contributed by atoms with Gasteiger partial charge in [0.2, 0.25) is 0 Å². The highest BCUT2D eigenvalue weighted by Crippen LogP contribution is 2.28. The normalized spacial score (nSPS) is 18.8. The molecule has 1 atom stereocenters. The second-order valence-corrected chi connectivity index (χ2v) is 7.41. The average Bonchev–Trinajstić information content (AvgIpc) is 3.33. The molecule has 2 aliphatic heterocycles. The number of piperazine rings is 1. The molecule has 1 fully saturated rings. The van der Waals surface area contributed by atoms with Crippen LogP contribution >= 0.6 is 0 Å². The van der Waals surface area contributed by atoms with E-state index in [1.165, 1.54) is 5.56 Å². The molecule has 29 heavy (non-hydrogen) atoms. The van der Waals surface area contributed by atoms with E-state index in [2.05, 4.69) is 21.2 Å². The van der Waals surface area contributed by atoms with Gasteiger partial charge in [-0.05, 0) is 48.7 Å². The minimum absolute atomic E-state index is 0.0909. The zero-order valence-electron chi connectivity index (χ0n) is 16.1. The number of aromatic nitrogens is 3. The van der Waals surface area contributed by atoms with Crippen LogP contribution in [0.25, 0.3) is 5.82 Å². The molecule has 1 amide bonds. The third-order valence-corrected chi connectivity index (χ3v) is 5.61. The first-order valence-corrected chi connectivity index (χ1v) is 10.0. The monoisotopic (exact) mass is 389 g/mol. The maximum Gasteiger partial charge on any atom is 0.263 e. The van der Waals surface area contributed by atoms with E-state index in [0.29, 0.717) is 13.1 Å². The molecule has 3 aromatic rings. The molecule has 1 saturated heterocycles. The second kappa shape index (κ2) is 7.58. The van der Waals surface area contributed by atoms with Crippen molar-refractivity contribution in [2.45, 2.75) is 18.9 Å². The first kappa shape index (κ1) is 17.7. The molecule has 1 unspecified atom stereocenters. The number of hydrogen-bond acceptors (Lipinski definition) is 5. The second-order valence-electron chi connectivity index (χ2n) is 7.41. The van der Waals surface area contributed by atoms with E-state index in [1.807, 2.05) is 64.3 Å². The molecule has 7 heteroatoms. The molecule has 1 aromatic carbocycles. The Balaban J connectivity index is 1.19. The van der Waals surface area contributed by atoms with Gasteiger partial charge >= 0.3 is 0 Å². The van der Waals surface area contributed by atoms with Gasteiger partial charge in [0.1, 0.15) is 5.75 Å². The largest absolute Gasteiger partial charge is 0.480 e. The van der Waals surface area contributed by atoms with Crippen LogP contribution < -0.4 is 9.64 Å². The maximum absolute atomic E-state index is 12.9. The number of nitrogens with zero attached hydrogens (tertiary/aromatic N) is 5. The van der Waals surface area contributed by atoms with Crippen molar-refractivity contribution in [1.82, 2.24) is 19.7 Å². The number of anilines is 1. The smallest absolute Gasteiger partial charge is 0.263 e. The summed E-state index contributed by atoms with van der Waals surface area (Å²) in [5.74, 6) is 2.57. The van der Waals surface area contributed by atoms with Gasteiger partial charge in [0.25, 0.3) is 5.91 Å². The Morgan fingerprint density at radius 1 is 0.897 bits per heavy atom. The number of fused-ring (bicyclic) bond motifs is 1. The number of ether oxygens (including phenoxy) is 1. The number of amides is 1. The van der Waals surface area contributed by atoms with Gasteiger partial charge in [0, 0.05) is 38.6 Å². The predicted molar refractivity (Wildman–Crippen MR) is 109 cm³/mol. The predicted octanol–water partition coefficient (Wildman–Crippen LogP) is 2.31. The lowest BCUT2D eigenvalue weighted by Crippen LogP contribution is -2.53. The van der Waals surface area contributed by atoms with Gasteiger partial charge in [-0.25, -0.2) is 0 Å². The SMILES string of the molecule is O=C(C1CCc2ccccc2O1)N1CCN(c2ccc(-n3cccc3)nn2)CC1. The molecule has 0 N–H and O–H groups in total. The molecular weight excluding hydrogens is 366 g/mol. The summed E-state index contributed by atoms with van der Waals surface area (Å²) >= 11 is 0. The Hall–Kier alpha value is -3.35. The molecule has 2 aliphatic rings. The van der Waals surface area contributed by atoms with Crippen LogP contribution in [-0.4, -0.2) is 57.9 Å². The van der Waals surface area contributed by atoms with Crippen molar-refractivity contribution >= 4 is 11.7 Å². The Morgan fingerprint density at radius 2 is 1.62 bits per heavy atom. The highest BCUT2D eigenvalue weighted by atomic mass is 16.5. The summed E-state index contributed by atoms with van der Waals surface area (Å²) in [6, 6.07) is 15.8. The lowest BCUT2D eigenvalue weighted by molar-refractivity contribution is -0.139. The van der Waals surface area contributed by atoms with Gasteiger partial charge in [-0.1, -0.05) is 18.2 Å². The number of benzene rings is 1. The number of hydrogen-bond donors (Lipinski definition) is 0. The van der Waals surface area contributed by atoms with Crippen molar-refractivity contribution in [3.8, 4) is 11.6 Å². The summed E-state index contributed by atoms with van der Waals surface area (Å²) in [6.07, 6.45) is 5.13. The number of aryl methyl sites for hydroxylation is 1. The Morgan fingerprint density at radius 3 is 2.38 bits per heavy atom. The molecule has 0 bridgehead atoms. The van der Waals surface area contributed by atoms with Crippen molar-refractivity contribution < 1.29 is 9.53 Å². The minimum Gasteiger partial charge on any atom is -0.480 e. The molecule has 2 aromatic heterocycles. The standard InChI is InChI=1S/C22H23N5O2/c28-22(19-8-7-17-5-1-2-6-18(17)29-19)27-15-13-26(14-16-27)21-10-9-20(23-24-21)25-11-3-4-12-25/h1-6,9-12,19H,7-8,13-16H2. The van der Waals surface area contributed by atoms with E-state index in [0.717, 1.165) is 43.3 Å². The average molecular weight is 389 g/mol. The van der Waals surface area contributed by atoms with Crippen LogP contribution in [0.15, 0.2) is 60.9 Å². The Kier molecular flexibility index (Phi) is 4.63. The molecule has 0 radical (unpaired) electrons. The van der Waals surface area contributed by atoms with Crippen LogP contribution in [0.1, 0.15) is 12.0 Å². The van der Waals surface area contributed by atoms with Crippen LogP contribution in [0.4, 0.5) is 5.82 Å². The third kappa shape index (κ3) is 3.55. The van der Waals surface area contributed by atoms with Crippen LogP contribution in [0.5, 0.6) is 5.75 Å². The quantitative estimate of drug-likeness (QED) is 0.688. The highest BCUT2D eigenvalue weighted by Gasteiger charge is 2.31. The number of rotatable bonds is 3. The zero-order valence-corrected chi connectivity index (χ0v) is 16.1. The summed E-state index contributed by atoms with van der Waals surface area (Å²) < 4.78 is 7.90. The first-order valence-electron chi connectivity index (χ1n) is 10.0. The van der Waals surface area contributed by atoms with Gasteiger partial charge < -0.3 is 19.1 Å². The van der Waals surface area contributed by atoms with Gasteiger partial charge in [0.05, 0.1) is 0 Å². The number of carbonyl (C=O) groups excluding carboxylic acids is 1.